The Morgan fingerprint density at radius 2 is 2.04 bits per heavy atom. The predicted molar refractivity (Wildman–Crippen MR) is 90.3 cm³/mol. The van der Waals surface area contributed by atoms with Crippen LogP contribution in [0.2, 0.25) is 0 Å². The Balaban J connectivity index is 1.93. The van der Waals surface area contributed by atoms with Gasteiger partial charge in [0, 0.05) is 12.2 Å². The number of amides is 1. The fourth-order valence-corrected chi connectivity index (χ4v) is 2.50. The normalized spacial score (nSPS) is 16.0. The number of benzene rings is 1. The molecule has 1 aliphatic heterocycles. The zero-order valence-electron chi connectivity index (χ0n) is 14.0. The molecule has 0 aromatic heterocycles. The number of hydrogen-bond acceptors (Lipinski definition) is 4. The molecule has 0 atom stereocenters. The minimum atomic E-state index is -0.569. The lowest BCUT2D eigenvalue weighted by Gasteiger charge is -2.23. The van der Waals surface area contributed by atoms with Gasteiger partial charge in [-0.05, 0) is 70.8 Å². The molecule has 1 aromatic carbocycles. The molecule has 5 nitrogen and oxygen atoms in total. The molecule has 0 unspecified atom stereocenters. The fraction of sp³-hybridized carbons (Fsp3) is 0.588. The molecule has 0 spiro atoms. The first-order valence-electron chi connectivity index (χ1n) is 8.07. The largest absolute Gasteiger partial charge is 0.444 e. The molecule has 6 heteroatoms. The van der Waals surface area contributed by atoms with Crippen LogP contribution in [0.4, 0.5) is 20.6 Å². The Labute approximate surface area is 137 Å². The summed E-state index contributed by atoms with van der Waals surface area (Å²) < 4.78 is 19.1. The first-order chi connectivity index (χ1) is 10.8. The van der Waals surface area contributed by atoms with E-state index in [9.17, 15) is 9.18 Å². The smallest absolute Gasteiger partial charge is 0.412 e. The highest BCUT2D eigenvalue weighted by molar-refractivity contribution is 5.85. The van der Waals surface area contributed by atoms with Gasteiger partial charge in [-0.25, -0.2) is 9.18 Å². The SMILES string of the molecule is CC(C)(C)OC(=O)Nc1ccc(F)c(NCC2CCNCC2)c1. The summed E-state index contributed by atoms with van der Waals surface area (Å²) in [7, 11) is 0. The monoisotopic (exact) mass is 323 g/mol. The maximum Gasteiger partial charge on any atom is 0.412 e. The van der Waals surface area contributed by atoms with Crippen molar-refractivity contribution in [2.24, 2.45) is 5.92 Å². The van der Waals surface area contributed by atoms with Crippen LogP contribution < -0.4 is 16.0 Å². The number of carbonyl (C=O) groups is 1. The molecule has 0 saturated carbocycles. The van der Waals surface area contributed by atoms with Crippen LogP contribution in [0.1, 0.15) is 33.6 Å². The standard InChI is InChI=1S/C17H26FN3O2/c1-17(2,3)23-16(22)21-13-4-5-14(18)15(10-13)20-11-12-6-8-19-9-7-12/h4-5,10,12,19-20H,6-9,11H2,1-3H3,(H,21,22). The van der Waals surface area contributed by atoms with Crippen LogP contribution in [-0.2, 0) is 4.74 Å². The third kappa shape index (κ3) is 6.06. The van der Waals surface area contributed by atoms with Crippen molar-refractivity contribution in [3.8, 4) is 0 Å². The third-order valence-electron chi connectivity index (χ3n) is 3.65. The zero-order valence-corrected chi connectivity index (χ0v) is 14.0. The summed E-state index contributed by atoms with van der Waals surface area (Å²) in [5.74, 6) is 0.215. The molecule has 1 fully saturated rings. The molecule has 128 valence electrons. The molecular weight excluding hydrogens is 297 g/mol. The first kappa shape index (κ1) is 17.5. The highest BCUT2D eigenvalue weighted by Gasteiger charge is 2.17. The summed E-state index contributed by atoms with van der Waals surface area (Å²) in [6.07, 6.45) is 1.63. The van der Waals surface area contributed by atoms with E-state index in [1.807, 2.05) is 0 Å². The van der Waals surface area contributed by atoms with Crippen LogP contribution in [-0.4, -0.2) is 31.3 Å². The highest BCUT2D eigenvalue weighted by Crippen LogP contribution is 2.22. The first-order valence-corrected chi connectivity index (χ1v) is 8.07. The van der Waals surface area contributed by atoms with E-state index in [1.165, 1.54) is 12.1 Å². The van der Waals surface area contributed by atoms with E-state index >= 15 is 0 Å². The van der Waals surface area contributed by atoms with Crippen molar-refractivity contribution in [3.63, 3.8) is 0 Å². The number of halogens is 1. The molecule has 1 aliphatic rings. The Morgan fingerprint density at radius 3 is 2.70 bits per heavy atom. The van der Waals surface area contributed by atoms with Gasteiger partial charge in [0.15, 0.2) is 0 Å². The van der Waals surface area contributed by atoms with Gasteiger partial charge in [-0.2, -0.15) is 0 Å². The van der Waals surface area contributed by atoms with E-state index in [0.717, 1.165) is 32.5 Å². The summed E-state index contributed by atoms with van der Waals surface area (Å²) >= 11 is 0. The van der Waals surface area contributed by atoms with Crippen molar-refractivity contribution in [2.75, 3.05) is 30.3 Å². The summed E-state index contributed by atoms with van der Waals surface area (Å²) in [5, 5.41) is 9.09. The minimum absolute atomic E-state index is 0.325. The molecule has 1 heterocycles. The van der Waals surface area contributed by atoms with Gasteiger partial charge in [0.25, 0.3) is 0 Å². The van der Waals surface area contributed by atoms with Crippen LogP contribution in [0.5, 0.6) is 0 Å². The molecule has 3 N–H and O–H groups in total. The third-order valence-corrected chi connectivity index (χ3v) is 3.65. The Kier molecular flexibility index (Phi) is 5.82. The molecular formula is C17H26FN3O2. The maximum atomic E-state index is 13.9. The Bertz CT molecular complexity index is 537. The highest BCUT2D eigenvalue weighted by atomic mass is 19.1. The quantitative estimate of drug-likeness (QED) is 0.792. The van der Waals surface area contributed by atoms with Gasteiger partial charge in [0.2, 0.25) is 0 Å². The lowest BCUT2D eigenvalue weighted by atomic mass is 9.98. The average molecular weight is 323 g/mol. The molecule has 0 radical (unpaired) electrons. The lowest BCUT2D eigenvalue weighted by Crippen LogP contribution is -2.31. The van der Waals surface area contributed by atoms with Crippen molar-refractivity contribution < 1.29 is 13.9 Å². The second kappa shape index (κ2) is 7.64. The van der Waals surface area contributed by atoms with Crippen LogP contribution in [0.25, 0.3) is 0 Å². The van der Waals surface area contributed by atoms with Crippen LogP contribution in [0.15, 0.2) is 18.2 Å². The van der Waals surface area contributed by atoms with Crippen molar-refractivity contribution in [2.45, 2.75) is 39.2 Å². The number of rotatable bonds is 4. The molecule has 1 saturated heterocycles. The van der Waals surface area contributed by atoms with Crippen molar-refractivity contribution >= 4 is 17.5 Å². The summed E-state index contributed by atoms with van der Waals surface area (Å²) in [4.78, 5) is 11.8. The van der Waals surface area contributed by atoms with Crippen molar-refractivity contribution in [1.29, 1.82) is 0 Å². The van der Waals surface area contributed by atoms with Gasteiger partial charge < -0.3 is 15.4 Å². The van der Waals surface area contributed by atoms with Gasteiger partial charge in [-0.1, -0.05) is 0 Å². The summed E-state index contributed by atoms with van der Waals surface area (Å²) in [6.45, 7) is 8.13. The molecule has 2 rings (SSSR count). The van der Waals surface area contributed by atoms with E-state index < -0.39 is 11.7 Å². The number of ether oxygens (including phenoxy) is 1. The van der Waals surface area contributed by atoms with E-state index in [4.69, 9.17) is 4.74 Å². The van der Waals surface area contributed by atoms with Gasteiger partial charge in [-0.15, -0.1) is 0 Å². The number of carbonyl (C=O) groups excluding carboxylic acids is 1. The molecule has 1 aromatic rings. The molecule has 1 amide bonds. The van der Waals surface area contributed by atoms with Gasteiger partial charge >= 0.3 is 6.09 Å². The molecule has 0 aliphatic carbocycles. The number of piperidine rings is 1. The second-order valence-electron chi connectivity index (χ2n) is 6.90. The van der Waals surface area contributed by atoms with Crippen LogP contribution >= 0.6 is 0 Å². The zero-order chi connectivity index (χ0) is 16.9. The topological polar surface area (TPSA) is 62.4 Å². The predicted octanol–water partition coefficient (Wildman–Crippen LogP) is 3.58. The maximum absolute atomic E-state index is 13.9. The van der Waals surface area contributed by atoms with E-state index in [-0.39, 0.29) is 5.82 Å². The van der Waals surface area contributed by atoms with Crippen molar-refractivity contribution in [1.82, 2.24) is 5.32 Å². The number of anilines is 2. The van der Waals surface area contributed by atoms with Gasteiger partial charge in [0.05, 0.1) is 5.69 Å². The van der Waals surface area contributed by atoms with Crippen molar-refractivity contribution in [3.05, 3.63) is 24.0 Å². The molecule has 0 bridgehead atoms. The van der Waals surface area contributed by atoms with Gasteiger partial charge in [0.1, 0.15) is 11.4 Å². The van der Waals surface area contributed by atoms with E-state index in [0.29, 0.717) is 17.3 Å². The second-order valence-corrected chi connectivity index (χ2v) is 6.90. The number of hydrogen-bond donors (Lipinski definition) is 3. The van der Waals surface area contributed by atoms with E-state index in [2.05, 4.69) is 16.0 Å². The Hall–Kier alpha value is -1.82. The minimum Gasteiger partial charge on any atom is -0.444 e. The van der Waals surface area contributed by atoms with Crippen LogP contribution in [0, 0.1) is 11.7 Å². The van der Waals surface area contributed by atoms with Crippen LogP contribution in [0.3, 0.4) is 0 Å². The van der Waals surface area contributed by atoms with E-state index in [1.54, 1.807) is 26.8 Å². The number of nitrogens with one attached hydrogen (secondary N) is 3. The fourth-order valence-electron chi connectivity index (χ4n) is 2.50. The average Bonchev–Trinajstić information content (AvgIpc) is 2.47. The molecule has 23 heavy (non-hydrogen) atoms. The lowest BCUT2D eigenvalue weighted by molar-refractivity contribution is 0.0636. The summed E-state index contributed by atoms with van der Waals surface area (Å²) in [5.41, 5.74) is 0.339. The Morgan fingerprint density at radius 1 is 1.35 bits per heavy atom. The summed E-state index contributed by atoms with van der Waals surface area (Å²) in [6, 6.07) is 4.47. The van der Waals surface area contributed by atoms with Gasteiger partial charge in [-0.3, -0.25) is 5.32 Å².